The number of benzene rings is 1. The van der Waals surface area contributed by atoms with E-state index in [1.165, 1.54) is 5.56 Å². The normalized spacial score (nSPS) is 17.0. The number of aryl methyl sites for hydroxylation is 1. The Bertz CT molecular complexity index is 652. The van der Waals surface area contributed by atoms with E-state index in [9.17, 15) is 9.59 Å². The van der Waals surface area contributed by atoms with Gasteiger partial charge in [-0.1, -0.05) is 26.0 Å². The van der Waals surface area contributed by atoms with Crippen LogP contribution in [-0.2, 0) is 9.59 Å². The maximum absolute atomic E-state index is 12.4. The van der Waals surface area contributed by atoms with Crippen LogP contribution in [0.5, 0.6) is 0 Å². The van der Waals surface area contributed by atoms with E-state index in [1.807, 2.05) is 39.0 Å². The predicted octanol–water partition coefficient (Wildman–Crippen LogP) is 2.02. The van der Waals surface area contributed by atoms with Crippen molar-refractivity contribution in [2.24, 2.45) is 5.92 Å². The molecule has 6 heteroatoms. The molecule has 1 aliphatic heterocycles. The molecule has 0 spiro atoms. The highest BCUT2D eigenvalue weighted by Gasteiger charge is 2.21. The Morgan fingerprint density at radius 3 is 2.07 bits per heavy atom. The Morgan fingerprint density at radius 1 is 0.963 bits per heavy atom. The van der Waals surface area contributed by atoms with Crippen molar-refractivity contribution in [3.8, 4) is 0 Å². The van der Waals surface area contributed by atoms with Crippen LogP contribution in [0.25, 0.3) is 0 Å². The van der Waals surface area contributed by atoms with Crippen molar-refractivity contribution in [1.29, 1.82) is 0 Å². The minimum Gasteiger partial charge on any atom is -0.352 e. The van der Waals surface area contributed by atoms with Crippen LogP contribution in [0.4, 0.5) is 5.69 Å². The van der Waals surface area contributed by atoms with Gasteiger partial charge in [-0.2, -0.15) is 0 Å². The summed E-state index contributed by atoms with van der Waals surface area (Å²) < 4.78 is 0. The van der Waals surface area contributed by atoms with Crippen LogP contribution in [0.2, 0.25) is 0 Å². The fourth-order valence-corrected chi connectivity index (χ4v) is 3.05. The maximum atomic E-state index is 12.4. The van der Waals surface area contributed by atoms with Crippen LogP contribution in [0.15, 0.2) is 18.2 Å². The fourth-order valence-electron chi connectivity index (χ4n) is 3.05. The standard InChI is InChI=1S/C21H34N4O2/c1-15(2)18(5)22-20(26)13-24-9-11-25(12-10-24)14-21(27)23-19-8-6-7-16(3)17(19)4/h6-8,15,18H,9-14H2,1-5H3,(H,22,26)(H,23,27)/t18-/m1/s1. The summed E-state index contributed by atoms with van der Waals surface area (Å²) in [6.45, 7) is 14.3. The summed E-state index contributed by atoms with van der Waals surface area (Å²) in [6, 6.07) is 6.13. The summed E-state index contributed by atoms with van der Waals surface area (Å²) in [7, 11) is 0. The van der Waals surface area contributed by atoms with Gasteiger partial charge < -0.3 is 10.6 Å². The van der Waals surface area contributed by atoms with Gasteiger partial charge in [0.1, 0.15) is 0 Å². The number of carbonyl (C=O) groups excluding carboxylic acids is 2. The molecule has 0 saturated carbocycles. The fraction of sp³-hybridized carbons (Fsp3) is 0.619. The van der Waals surface area contributed by atoms with E-state index in [1.54, 1.807) is 0 Å². The zero-order valence-electron chi connectivity index (χ0n) is 17.3. The topological polar surface area (TPSA) is 64.7 Å². The van der Waals surface area contributed by atoms with Gasteiger partial charge >= 0.3 is 0 Å². The van der Waals surface area contributed by atoms with Gasteiger partial charge in [0.15, 0.2) is 0 Å². The third kappa shape index (κ3) is 6.63. The van der Waals surface area contributed by atoms with Gasteiger partial charge in [-0.05, 0) is 43.9 Å². The Balaban J connectivity index is 1.73. The predicted molar refractivity (Wildman–Crippen MR) is 110 cm³/mol. The minimum absolute atomic E-state index is 0.0145. The highest BCUT2D eigenvalue weighted by Crippen LogP contribution is 2.17. The van der Waals surface area contributed by atoms with Gasteiger partial charge in [0, 0.05) is 37.9 Å². The van der Waals surface area contributed by atoms with Gasteiger partial charge in [-0.3, -0.25) is 19.4 Å². The summed E-state index contributed by atoms with van der Waals surface area (Å²) in [5, 5.41) is 6.06. The van der Waals surface area contributed by atoms with E-state index in [0.717, 1.165) is 37.4 Å². The zero-order valence-corrected chi connectivity index (χ0v) is 17.3. The smallest absolute Gasteiger partial charge is 0.238 e. The lowest BCUT2D eigenvalue weighted by Crippen LogP contribution is -2.51. The Morgan fingerprint density at radius 2 is 1.52 bits per heavy atom. The molecule has 0 unspecified atom stereocenters. The molecule has 6 nitrogen and oxygen atoms in total. The maximum Gasteiger partial charge on any atom is 0.238 e. The lowest BCUT2D eigenvalue weighted by molar-refractivity contribution is -0.124. The molecule has 1 heterocycles. The van der Waals surface area contributed by atoms with Crippen molar-refractivity contribution in [2.45, 2.75) is 40.7 Å². The number of anilines is 1. The molecule has 150 valence electrons. The number of piperazine rings is 1. The molecule has 0 radical (unpaired) electrons. The first kappa shape index (κ1) is 21.4. The van der Waals surface area contributed by atoms with Gasteiger partial charge in [-0.25, -0.2) is 0 Å². The molecule has 0 aliphatic carbocycles. The molecule has 1 saturated heterocycles. The largest absolute Gasteiger partial charge is 0.352 e. The quantitative estimate of drug-likeness (QED) is 0.766. The van der Waals surface area contributed by atoms with Crippen molar-refractivity contribution in [3.63, 3.8) is 0 Å². The van der Waals surface area contributed by atoms with E-state index in [0.29, 0.717) is 19.0 Å². The number of hydrogen-bond donors (Lipinski definition) is 2. The number of hydrogen-bond acceptors (Lipinski definition) is 4. The monoisotopic (exact) mass is 374 g/mol. The third-order valence-corrected chi connectivity index (χ3v) is 5.47. The average molecular weight is 375 g/mol. The van der Waals surface area contributed by atoms with E-state index in [2.05, 4.69) is 34.3 Å². The second-order valence-electron chi connectivity index (χ2n) is 7.95. The second-order valence-corrected chi connectivity index (χ2v) is 7.95. The van der Waals surface area contributed by atoms with Crippen molar-refractivity contribution >= 4 is 17.5 Å². The lowest BCUT2D eigenvalue weighted by atomic mass is 10.1. The molecular formula is C21H34N4O2. The summed E-state index contributed by atoms with van der Waals surface area (Å²) in [6.07, 6.45) is 0. The highest BCUT2D eigenvalue weighted by atomic mass is 16.2. The molecule has 1 aromatic carbocycles. The van der Waals surface area contributed by atoms with Crippen LogP contribution in [0.3, 0.4) is 0 Å². The van der Waals surface area contributed by atoms with Gasteiger partial charge in [0.2, 0.25) is 11.8 Å². The SMILES string of the molecule is Cc1cccc(NC(=O)CN2CCN(CC(=O)N[C@H](C)C(C)C)CC2)c1C. The first-order valence-corrected chi connectivity index (χ1v) is 9.86. The number of nitrogens with one attached hydrogen (secondary N) is 2. The van der Waals surface area contributed by atoms with Crippen molar-refractivity contribution < 1.29 is 9.59 Å². The van der Waals surface area contributed by atoms with Gasteiger partial charge in [0.25, 0.3) is 0 Å². The molecule has 0 bridgehead atoms. The average Bonchev–Trinajstić information content (AvgIpc) is 2.60. The molecule has 2 rings (SSSR count). The molecule has 1 atom stereocenters. The summed E-state index contributed by atoms with van der Waals surface area (Å²) in [5.41, 5.74) is 3.17. The molecule has 1 fully saturated rings. The van der Waals surface area contributed by atoms with Gasteiger partial charge in [-0.15, -0.1) is 0 Å². The highest BCUT2D eigenvalue weighted by molar-refractivity contribution is 5.93. The second kappa shape index (κ2) is 9.85. The Labute approximate surface area is 163 Å². The molecule has 27 heavy (non-hydrogen) atoms. The molecule has 1 aliphatic rings. The van der Waals surface area contributed by atoms with E-state index >= 15 is 0 Å². The Hall–Kier alpha value is -1.92. The van der Waals surface area contributed by atoms with Crippen LogP contribution in [0.1, 0.15) is 31.9 Å². The van der Waals surface area contributed by atoms with Crippen LogP contribution >= 0.6 is 0 Å². The number of nitrogens with zero attached hydrogens (tertiary/aromatic N) is 2. The van der Waals surface area contributed by atoms with E-state index in [4.69, 9.17) is 0 Å². The van der Waals surface area contributed by atoms with Crippen LogP contribution in [0, 0.1) is 19.8 Å². The molecule has 2 amide bonds. The van der Waals surface area contributed by atoms with Gasteiger partial charge in [0.05, 0.1) is 13.1 Å². The molecule has 1 aromatic rings. The van der Waals surface area contributed by atoms with Crippen molar-refractivity contribution in [2.75, 3.05) is 44.6 Å². The van der Waals surface area contributed by atoms with Crippen LogP contribution in [-0.4, -0.2) is 66.9 Å². The lowest BCUT2D eigenvalue weighted by Gasteiger charge is -2.34. The molecule has 0 aromatic heterocycles. The summed E-state index contributed by atoms with van der Waals surface area (Å²) in [5.74, 6) is 0.527. The first-order chi connectivity index (χ1) is 12.8. The zero-order chi connectivity index (χ0) is 20.0. The summed E-state index contributed by atoms with van der Waals surface area (Å²) >= 11 is 0. The molecular weight excluding hydrogens is 340 g/mol. The minimum atomic E-state index is 0.0145. The number of carbonyl (C=O) groups is 2. The molecule has 2 N–H and O–H groups in total. The number of rotatable bonds is 7. The van der Waals surface area contributed by atoms with Crippen LogP contribution < -0.4 is 10.6 Å². The van der Waals surface area contributed by atoms with E-state index in [-0.39, 0.29) is 17.9 Å². The van der Waals surface area contributed by atoms with Crippen molar-refractivity contribution in [1.82, 2.24) is 15.1 Å². The third-order valence-electron chi connectivity index (χ3n) is 5.47. The van der Waals surface area contributed by atoms with Crippen molar-refractivity contribution in [3.05, 3.63) is 29.3 Å². The summed E-state index contributed by atoms with van der Waals surface area (Å²) in [4.78, 5) is 28.8. The Kier molecular flexibility index (Phi) is 7.80. The first-order valence-electron chi connectivity index (χ1n) is 9.86. The van der Waals surface area contributed by atoms with E-state index < -0.39 is 0 Å². The number of amides is 2.